The van der Waals surface area contributed by atoms with Crippen LogP contribution in [0.5, 0.6) is 0 Å². The molecule has 0 saturated carbocycles. The number of aromatic nitrogens is 2. The van der Waals surface area contributed by atoms with Gasteiger partial charge in [-0.05, 0) is 13.0 Å². The molecule has 8 nitrogen and oxygen atoms in total. The average molecular weight is 260 g/mol. The Morgan fingerprint density at radius 3 is 2.71 bits per heavy atom. The first-order chi connectivity index (χ1) is 7.99. The highest BCUT2D eigenvalue weighted by Crippen LogP contribution is 2.04. The van der Waals surface area contributed by atoms with Gasteiger partial charge in [0.05, 0.1) is 0 Å². The van der Waals surface area contributed by atoms with E-state index in [2.05, 4.69) is 15.0 Å². The number of rotatable bonds is 3. The average Bonchev–Trinajstić information content (AvgIpc) is 2.68. The van der Waals surface area contributed by atoms with Gasteiger partial charge in [-0.3, -0.25) is 9.78 Å². The van der Waals surface area contributed by atoms with Crippen LogP contribution in [-0.4, -0.2) is 37.5 Å². The first kappa shape index (κ1) is 12.0. The first-order valence-electron chi connectivity index (χ1n) is 5.04. The molecule has 1 aromatic rings. The summed E-state index contributed by atoms with van der Waals surface area (Å²) in [6, 6.07) is -0.230. The minimum atomic E-state index is -3.90. The Kier molecular flexibility index (Phi) is 3.13. The summed E-state index contributed by atoms with van der Waals surface area (Å²) in [5, 5.41) is 3.00. The van der Waals surface area contributed by atoms with E-state index in [1.54, 1.807) is 0 Å². The molecule has 0 aliphatic carbocycles. The summed E-state index contributed by atoms with van der Waals surface area (Å²) in [5.74, 6) is 0. The van der Waals surface area contributed by atoms with Gasteiger partial charge >= 0.3 is 5.69 Å². The zero-order valence-corrected chi connectivity index (χ0v) is 9.63. The van der Waals surface area contributed by atoms with E-state index in [0.717, 1.165) is 12.7 Å². The topological polar surface area (TPSA) is 124 Å². The van der Waals surface area contributed by atoms with Crippen molar-refractivity contribution in [2.75, 3.05) is 13.1 Å². The molecule has 9 heteroatoms. The van der Waals surface area contributed by atoms with Crippen LogP contribution in [0.15, 0.2) is 20.7 Å². The summed E-state index contributed by atoms with van der Waals surface area (Å²) in [4.78, 5) is 25.6. The highest BCUT2D eigenvalue weighted by Gasteiger charge is 2.24. The highest BCUT2D eigenvalue weighted by atomic mass is 32.2. The van der Waals surface area contributed by atoms with Gasteiger partial charge in [0.25, 0.3) is 5.56 Å². The van der Waals surface area contributed by atoms with Crippen molar-refractivity contribution in [3.05, 3.63) is 27.0 Å². The van der Waals surface area contributed by atoms with Crippen LogP contribution in [0.4, 0.5) is 0 Å². The van der Waals surface area contributed by atoms with Gasteiger partial charge in [-0.25, -0.2) is 17.9 Å². The Hall–Kier alpha value is -1.45. The molecule has 0 spiro atoms. The number of hydrogen-bond donors (Lipinski definition) is 4. The minimum Gasteiger partial charge on any atom is -0.315 e. The lowest BCUT2D eigenvalue weighted by Crippen LogP contribution is -2.39. The molecule has 1 fully saturated rings. The number of sulfonamides is 1. The van der Waals surface area contributed by atoms with Gasteiger partial charge in [-0.2, -0.15) is 0 Å². The lowest BCUT2D eigenvalue weighted by atomic mass is 10.3. The maximum atomic E-state index is 11.8. The molecule has 1 unspecified atom stereocenters. The molecule has 1 aliphatic rings. The van der Waals surface area contributed by atoms with Gasteiger partial charge in [0.2, 0.25) is 10.0 Å². The van der Waals surface area contributed by atoms with Gasteiger partial charge < -0.3 is 10.3 Å². The number of H-pyrrole nitrogens is 2. The van der Waals surface area contributed by atoms with E-state index in [1.807, 2.05) is 4.98 Å². The molecule has 0 radical (unpaired) electrons. The maximum absolute atomic E-state index is 11.8. The third kappa shape index (κ3) is 2.62. The van der Waals surface area contributed by atoms with E-state index in [0.29, 0.717) is 13.0 Å². The number of nitrogens with one attached hydrogen (secondary N) is 4. The maximum Gasteiger partial charge on any atom is 0.325 e. The van der Waals surface area contributed by atoms with Crippen LogP contribution < -0.4 is 21.3 Å². The molecule has 0 bridgehead atoms. The van der Waals surface area contributed by atoms with Crippen molar-refractivity contribution in [1.82, 2.24) is 20.0 Å². The van der Waals surface area contributed by atoms with Crippen molar-refractivity contribution >= 4 is 10.0 Å². The van der Waals surface area contributed by atoms with Crippen molar-refractivity contribution < 1.29 is 8.42 Å². The van der Waals surface area contributed by atoms with Crippen molar-refractivity contribution in [3.8, 4) is 0 Å². The number of aromatic amines is 2. The van der Waals surface area contributed by atoms with Crippen LogP contribution in [0.2, 0.25) is 0 Å². The summed E-state index contributed by atoms with van der Waals surface area (Å²) >= 11 is 0. The fourth-order valence-electron chi connectivity index (χ4n) is 1.64. The highest BCUT2D eigenvalue weighted by molar-refractivity contribution is 7.89. The van der Waals surface area contributed by atoms with Gasteiger partial charge in [0.1, 0.15) is 0 Å². The van der Waals surface area contributed by atoms with Gasteiger partial charge in [-0.1, -0.05) is 0 Å². The normalized spacial score (nSPS) is 20.6. The van der Waals surface area contributed by atoms with Crippen molar-refractivity contribution in [1.29, 1.82) is 0 Å². The predicted octanol–water partition coefficient (Wildman–Crippen LogP) is -2.30. The van der Waals surface area contributed by atoms with Crippen LogP contribution in [0.1, 0.15) is 6.42 Å². The molecular weight excluding hydrogens is 248 g/mol. The monoisotopic (exact) mass is 260 g/mol. The second kappa shape index (κ2) is 4.43. The SMILES string of the molecule is O=c1[nH]cc(S(=O)(=O)NC2CCNC2)c(=O)[nH]1. The summed E-state index contributed by atoms with van der Waals surface area (Å²) in [6.07, 6.45) is 1.56. The van der Waals surface area contributed by atoms with Crippen molar-refractivity contribution in [2.45, 2.75) is 17.4 Å². The molecule has 17 heavy (non-hydrogen) atoms. The fourth-order valence-corrected chi connectivity index (χ4v) is 2.91. The largest absolute Gasteiger partial charge is 0.325 e. The Balaban J connectivity index is 2.31. The zero-order valence-electron chi connectivity index (χ0n) is 8.82. The molecule has 2 rings (SSSR count). The molecule has 94 valence electrons. The molecule has 1 aliphatic heterocycles. The molecule has 1 atom stereocenters. The molecular formula is C8H12N4O4S. The Labute approximate surface area is 96.5 Å². The van der Waals surface area contributed by atoms with Gasteiger partial charge in [0, 0.05) is 18.8 Å². The second-order valence-corrected chi connectivity index (χ2v) is 5.43. The molecule has 1 saturated heterocycles. The quantitative estimate of drug-likeness (QED) is 0.486. The smallest absolute Gasteiger partial charge is 0.315 e. The Bertz CT molecular complexity index is 611. The van der Waals surface area contributed by atoms with E-state index >= 15 is 0 Å². The van der Waals surface area contributed by atoms with Crippen LogP contribution >= 0.6 is 0 Å². The van der Waals surface area contributed by atoms with Crippen LogP contribution in [0, 0.1) is 0 Å². The van der Waals surface area contributed by atoms with Crippen LogP contribution in [0.25, 0.3) is 0 Å². The molecule has 1 aromatic heterocycles. The number of hydrogen-bond acceptors (Lipinski definition) is 5. The molecule has 4 N–H and O–H groups in total. The van der Waals surface area contributed by atoms with E-state index in [1.165, 1.54) is 0 Å². The third-order valence-electron chi connectivity index (χ3n) is 2.46. The van der Waals surface area contributed by atoms with Crippen molar-refractivity contribution in [2.24, 2.45) is 0 Å². The Morgan fingerprint density at radius 2 is 2.12 bits per heavy atom. The van der Waals surface area contributed by atoms with E-state index in [4.69, 9.17) is 0 Å². The molecule has 2 heterocycles. The van der Waals surface area contributed by atoms with Crippen LogP contribution in [0.3, 0.4) is 0 Å². The fraction of sp³-hybridized carbons (Fsp3) is 0.500. The van der Waals surface area contributed by atoms with Crippen LogP contribution in [-0.2, 0) is 10.0 Å². The van der Waals surface area contributed by atoms with Gasteiger partial charge in [0.15, 0.2) is 4.90 Å². The lowest BCUT2D eigenvalue weighted by molar-refractivity contribution is 0.558. The summed E-state index contributed by atoms with van der Waals surface area (Å²) in [6.45, 7) is 1.26. The molecule has 0 amide bonds. The summed E-state index contributed by atoms with van der Waals surface area (Å²) < 4.78 is 26.1. The van der Waals surface area contributed by atoms with Gasteiger partial charge in [-0.15, -0.1) is 0 Å². The second-order valence-electron chi connectivity index (χ2n) is 3.75. The lowest BCUT2D eigenvalue weighted by Gasteiger charge is -2.10. The molecule has 0 aromatic carbocycles. The summed E-state index contributed by atoms with van der Waals surface area (Å²) in [5.41, 5.74) is -1.66. The summed E-state index contributed by atoms with van der Waals surface area (Å²) in [7, 11) is -3.90. The predicted molar refractivity (Wildman–Crippen MR) is 59.3 cm³/mol. The first-order valence-corrected chi connectivity index (χ1v) is 6.52. The van der Waals surface area contributed by atoms with Crippen molar-refractivity contribution in [3.63, 3.8) is 0 Å². The zero-order chi connectivity index (χ0) is 12.5. The minimum absolute atomic E-state index is 0.230. The standard InChI is InChI=1S/C8H12N4O4S/c13-7-6(4-10-8(14)11-7)17(15,16)12-5-1-2-9-3-5/h4-5,9,12H,1-3H2,(H2,10,11,13,14). The Morgan fingerprint density at radius 1 is 1.35 bits per heavy atom. The van der Waals surface area contributed by atoms with E-state index < -0.39 is 26.2 Å². The van der Waals surface area contributed by atoms with E-state index in [9.17, 15) is 18.0 Å². The van der Waals surface area contributed by atoms with E-state index in [-0.39, 0.29) is 6.04 Å². The third-order valence-corrected chi connectivity index (χ3v) is 3.98.